The van der Waals surface area contributed by atoms with Gasteiger partial charge in [0, 0.05) is 0 Å². The summed E-state index contributed by atoms with van der Waals surface area (Å²) in [5.41, 5.74) is 20.6. The molecule has 4 aromatic carbocycles. The normalized spacial score (nSPS) is 16.0. The Labute approximate surface area is 323 Å². The van der Waals surface area contributed by atoms with Gasteiger partial charge in [-0.15, -0.1) is 0 Å². The van der Waals surface area contributed by atoms with Crippen molar-refractivity contribution in [3.05, 3.63) is 146 Å². The van der Waals surface area contributed by atoms with Crippen LogP contribution in [-0.4, -0.2) is 5.43 Å². The summed E-state index contributed by atoms with van der Waals surface area (Å²) in [6.07, 6.45) is 5.11. The quantitative estimate of drug-likeness (QED) is 0.184. The van der Waals surface area contributed by atoms with Crippen LogP contribution < -0.4 is 24.8 Å². The minimum Gasteiger partial charge on any atom is -1.00 e. The maximum absolute atomic E-state index is 6.47. The van der Waals surface area contributed by atoms with Gasteiger partial charge in [0.05, 0.1) is 0 Å². The summed E-state index contributed by atoms with van der Waals surface area (Å²) in [5, 5.41) is 0. The zero-order chi connectivity index (χ0) is 34.1. The third-order valence-corrected chi connectivity index (χ3v) is 19.0. The summed E-state index contributed by atoms with van der Waals surface area (Å²) in [6, 6.07) is 30.4. The number of aryl methyl sites for hydroxylation is 5. The molecule has 0 radical (unpaired) electrons. The molecule has 0 saturated heterocycles. The van der Waals surface area contributed by atoms with Crippen LogP contribution in [0, 0.1) is 34.6 Å². The van der Waals surface area contributed by atoms with Gasteiger partial charge in [0.15, 0.2) is 0 Å². The predicted octanol–water partition coefficient (Wildman–Crippen LogP) is 6.57. The van der Waals surface area contributed by atoms with Crippen molar-refractivity contribution in [2.75, 3.05) is 0 Å². The second kappa shape index (κ2) is 14.7. The maximum atomic E-state index is 6.47. The number of rotatable bonds is 5. The molecule has 1 heterocycles. The topological polar surface area (TPSA) is 13.1 Å². The van der Waals surface area contributed by atoms with E-state index in [1.54, 1.807) is 11.1 Å². The molecule has 1 aromatic heterocycles. The number of allylic oxidation sites excluding steroid dienone is 2. The molecule has 1 nitrogen and oxygen atoms in total. The van der Waals surface area contributed by atoms with Crippen molar-refractivity contribution in [2.45, 2.75) is 83.4 Å². The van der Waals surface area contributed by atoms with Crippen LogP contribution in [0.15, 0.2) is 88.9 Å². The molecule has 5 heteroatoms. The Morgan fingerprint density at radius 3 is 1.78 bits per heavy atom. The molecule has 2 aliphatic carbocycles. The SMILES string of the molecule is Cc1cc(C)cc(-c2c(C)ccc3c2C=C(C2C(c4ccc(C)o4)=Cc4c2ccc(C)c4-c2ccc(C(C)(C)C)cc2)[CH]3[Zr+2]=[Si](C)C)c1.[Cl-].[Cl-]. The number of furan rings is 1. The number of halogens is 2. The number of fused-ring (bicyclic) bond motifs is 2. The van der Waals surface area contributed by atoms with Gasteiger partial charge in [0.2, 0.25) is 0 Å². The van der Waals surface area contributed by atoms with Crippen molar-refractivity contribution >= 4 is 23.2 Å². The van der Waals surface area contributed by atoms with E-state index in [1.807, 2.05) is 0 Å². The zero-order valence-electron chi connectivity index (χ0n) is 31.0. The maximum Gasteiger partial charge on any atom is -1.00 e. The van der Waals surface area contributed by atoms with E-state index in [1.165, 1.54) is 72.3 Å². The summed E-state index contributed by atoms with van der Waals surface area (Å²) >= 11 is -0.760. The Balaban J connectivity index is 0.00000243. The fourth-order valence-electron chi connectivity index (χ4n) is 8.02. The van der Waals surface area contributed by atoms with Crippen LogP contribution in [0.1, 0.15) is 91.9 Å². The molecular formula is C45H47Cl2OSiZr. The average Bonchev–Trinajstić information content (AvgIpc) is 3.70. The van der Waals surface area contributed by atoms with Crippen LogP contribution >= 0.6 is 0 Å². The first-order chi connectivity index (χ1) is 22.8. The van der Waals surface area contributed by atoms with Crippen molar-refractivity contribution in [1.29, 1.82) is 0 Å². The molecule has 2 atom stereocenters. The Bertz CT molecular complexity index is 2170. The van der Waals surface area contributed by atoms with Gasteiger partial charge in [-0.25, -0.2) is 0 Å². The van der Waals surface area contributed by atoms with Crippen LogP contribution in [0.25, 0.3) is 40.0 Å². The largest absolute Gasteiger partial charge is 1.00 e. The van der Waals surface area contributed by atoms with Gasteiger partial charge in [-0.05, 0) is 0 Å². The first-order valence-electron chi connectivity index (χ1n) is 17.3. The fraction of sp³-hybridized carbons (Fsp3) is 0.289. The van der Waals surface area contributed by atoms with E-state index in [0.29, 0.717) is 3.63 Å². The standard InChI is InChI=1S/C43H41O.C2H6Si.2ClH.Zr/c1-25-19-26(2)21-32(20-25)41-27(3)9-12-31-22-33(23-36(31)41)42-35-17-10-28(4)40(30-13-15-34(16-14-30)43(6,7)8)37(35)24-38(42)39-18-11-29(5)44-39;1-3-2;;;/h9-24,42H,1-8H3;1-2H3;2*1H;/q;;;;+2/p-2. The van der Waals surface area contributed by atoms with Crippen LogP contribution in [0.3, 0.4) is 0 Å². The van der Waals surface area contributed by atoms with E-state index in [9.17, 15) is 0 Å². The molecule has 50 heavy (non-hydrogen) atoms. The van der Waals surface area contributed by atoms with Crippen molar-refractivity contribution < 1.29 is 51.1 Å². The van der Waals surface area contributed by atoms with Crippen LogP contribution in [0.2, 0.25) is 13.1 Å². The monoisotopic (exact) mass is 791 g/mol. The Hall–Kier alpha value is -2.68. The van der Waals surface area contributed by atoms with Crippen molar-refractivity contribution in [3.63, 3.8) is 0 Å². The van der Waals surface area contributed by atoms with Crippen molar-refractivity contribution in [2.24, 2.45) is 0 Å². The molecular weight excluding hydrogens is 747 g/mol. The Kier molecular flexibility index (Phi) is 11.4. The van der Waals surface area contributed by atoms with Crippen LogP contribution in [0.4, 0.5) is 0 Å². The third kappa shape index (κ3) is 7.06. The smallest absolute Gasteiger partial charge is 1.00 e. The summed E-state index contributed by atoms with van der Waals surface area (Å²) in [6.45, 7) is 23.0. The second-order valence-corrected chi connectivity index (χ2v) is 28.6. The van der Waals surface area contributed by atoms with Gasteiger partial charge in [-0.3, -0.25) is 0 Å². The fourth-order valence-corrected chi connectivity index (χ4v) is 16.8. The summed E-state index contributed by atoms with van der Waals surface area (Å²) < 4.78 is 7.02. The molecule has 255 valence electrons. The average molecular weight is 794 g/mol. The van der Waals surface area contributed by atoms with Gasteiger partial charge >= 0.3 is 301 Å². The van der Waals surface area contributed by atoms with Gasteiger partial charge in [-0.1, -0.05) is 0 Å². The number of hydrogen-bond acceptors (Lipinski definition) is 1. The summed E-state index contributed by atoms with van der Waals surface area (Å²) in [7, 11) is 0. The molecule has 0 spiro atoms. The molecule has 0 bridgehead atoms. The Morgan fingerprint density at radius 2 is 1.22 bits per heavy atom. The van der Waals surface area contributed by atoms with Gasteiger partial charge < -0.3 is 24.8 Å². The Morgan fingerprint density at radius 1 is 0.640 bits per heavy atom. The molecule has 7 rings (SSSR count). The van der Waals surface area contributed by atoms with Gasteiger partial charge in [0.1, 0.15) is 0 Å². The molecule has 0 saturated carbocycles. The molecule has 5 aromatic rings. The van der Waals surface area contributed by atoms with E-state index in [0.717, 1.165) is 11.5 Å². The van der Waals surface area contributed by atoms with Gasteiger partial charge in [-0.2, -0.15) is 0 Å². The molecule has 0 fully saturated rings. The predicted molar refractivity (Wildman–Crippen MR) is 204 cm³/mol. The number of hydrogen-bond donors (Lipinski definition) is 0. The van der Waals surface area contributed by atoms with E-state index in [4.69, 9.17) is 4.42 Å². The molecule has 2 unspecified atom stereocenters. The first kappa shape index (κ1) is 38.5. The minimum absolute atomic E-state index is 0. The van der Waals surface area contributed by atoms with Crippen molar-refractivity contribution in [3.8, 4) is 22.3 Å². The summed E-state index contributed by atoms with van der Waals surface area (Å²) in [4.78, 5) is 0. The second-order valence-electron chi connectivity index (χ2n) is 15.4. The zero-order valence-corrected chi connectivity index (χ0v) is 35.9. The molecule has 0 N–H and O–H groups in total. The minimum atomic E-state index is -0.760. The number of benzene rings is 4. The first-order valence-corrected chi connectivity index (χ1v) is 24.9. The van der Waals surface area contributed by atoms with Gasteiger partial charge in [0.25, 0.3) is 0 Å². The van der Waals surface area contributed by atoms with Crippen LogP contribution in [-0.2, 0) is 27.3 Å². The van der Waals surface area contributed by atoms with E-state index in [-0.39, 0.29) is 41.6 Å². The van der Waals surface area contributed by atoms with E-state index >= 15 is 0 Å². The molecule has 0 amide bonds. The van der Waals surface area contributed by atoms with Crippen molar-refractivity contribution in [1.82, 2.24) is 0 Å². The van der Waals surface area contributed by atoms with Crippen LogP contribution in [0.5, 0.6) is 0 Å². The molecule has 2 aliphatic rings. The van der Waals surface area contributed by atoms with E-state index < -0.39 is 21.9 Å². The van der Waals surface area contributed by atoms with E-state index in [2.05, 4.69) is 159 Å². The summed E-state index contributed by atoms with van der Waals surface area (Å²) in [5.74, 6) is 2.14. The third-order valence-electron chi connectivity index (χ3n) is 10.2. The molecule has 0 aliphatic heterocycles.